The Labute approximate surface area is 186 Å². The van der Waals surface area contributed by atoms with Gasteiger partial charge >= 0.3 is 17.9 Å². The first-order valence-electron chi connectivity index (χ1n) is 10.6. The van der Waals surface area contributed by atoms with Gasteiger partial charge in [-0.3, -0.25) is 29.0 Å². The topological polar surface area (TPSA) is 194 Å². The maximum Gasteiger partial charge on any atom is 0.317 e. The van der Waals surface area contributed by atoms with Crippen LogP contribution in [0, 0.1) is 0 Å². The molecular formula is C20H34N4O8. The maximum absolute atomic E-state index is 11.6. The zero-order valence-electron chi connectivity index (χ0n) is 18.1. The fourth-order valence-corrected chi connectivity index (χ4v) is 4.28. The van der Waals surface area contributed by atoms with Crippen molar-refractivity contribution in [3.63, 3.8) is 0 Å². The van der Waals surface area contributed by atoms with Crippen molar-refractivity contribution >= 4 is 23.8 Å². The Bertz CT molecular complexity index is 671. The van der Waals surface area contributed by atoms with Crippen molar-refractivity contribution in [2.45, 2.75) is 56.7 Å². The summed E-state index contributed by atoms with van der Waals surface area (Å²) in [5, 5.41) is 40.9. The molecule has 32 heavy (non-hydrogen) atoms. The smallest absolute Gasteiger partial charge is 0.317 e. The van der Waals surface area contributed by atoms with Crippen LogP contribution < -0.4 is 11.1 Å². The van der Waals surface area contributed by atoms with Gasteiger partial charge in [-0.05, 0) is 25.7 Å². The minimum absolute atomic E-state index is 0.159. The van der Waals surface area contributed by atoms with Crippen molar-refractivity contribution in [3.8, 4) is 0 Å². The summed E-state index contributed by atoms with van der Waals surface area (Å²) in [5.74, 6) is -4.08. The van der Waals surface area contributed by atoms with Crippen LogP contribution in [0.2, 0.25) is 0 Å². The molecule has 0 aromatic carbocycles. The highest BCUT2D eigenvalue weighted by molar-refractivity contribution is 5.77. The number of carbonyl (C=O) groups excluding carboxylic acids is 1. The fourth-order valence-electron chi connectivity index (χ4n) is 4.28. The summed E-state index contributed by atoms with van der Waals surface area (Å²) in [6, 6.07) is -1.77. The number of hydrogen-bond donors (Lipinski definition) is 6. The molecule has 0 spiro atoms. The molecule has 0 bridgehead atoms. The standard InChI is InChI=1S/C20H34N4O8/c1-13(25)14(7-4-8-22-17(26)9-21)24(12-20(31)32)16-6-3-2-5-15(16)23(10-18(27)28)11-19(29)30/h14-16,25H,1-12,21H2,(H,22,26)(H,27,28)(H,29,30)(H,31,32)/t14-,15?,16?/m0/s1. The molecule has 2 unspecified atom stereocenters. The second-order valence-corrected chi connectivity index (χ2v) is 7.88. The molecular weight excluding hydrogens is 424 g/mol. The summed E-state index contributed by atoms with van der Waals surface area (Å²) in [4.78, 5) is 48.6. The van der Waals surface area contributed by atoms with Gasteiger partial charge in [0.15, 0.2) is 0 Å². The van der Waals surface area contributed by atoms with Gasteiger partial charge < -0.3 is 31.5 Å². The predicted octanol–water partition coefficient (Wildman–Crippen LogP) is -0.549. The quantitative estimate of drug-likeness (QED) is 0.136. The van der Waals surface area contributed by atoms with Gasteiger partial charge in [-0.25, -0.2) is 0 Å². The Morgan fingerprint density at radius 2 is 1.47 bits per heavy atom. The van der Waals surface area contributed by atoms with Crippen molar-refractivity contribution in [1.82, 2.24) is 15.1 Å². The Morgan fingerprint density at radius 1 is 0.938 bits per heavy atom. The van der Waals surface area contributed by atoms with Gasteiger partial charge in [-0.1, -0.05) is 19.4 Å². The summed E-state index contributed by atoms with van der Waals surface area (Å²) in [6.07, 6.45) is 3.21. The van der Waals surface area contributed by atoms with E-state index in [0.29, 0.717) is 19.3 Å². The monoisotopic (exact) mass is 458 g/mol. The Balaban J connectivity index is 3.14. The van der Waals surface area contributed by atoms with E-state index < -0.39 is 55.7 Å². The van der Waals surface area contributed by atoms with Gasteiger partial charge in [0.2, 0.25) is 5.91 Å². The minimum atomic E-state index is -1.18. The van der Waals surface area contributed by atoms with E-state index in [9.17, 15) is 39.6 Å². The van der Waals surface area contributed by atoms with Crippen LogP contribution in [0.25, 0.3) is 0 Å². The number of rotatable bonds is 15. The zero-order chi connectivity index (χ0) is 24.3. The first-order valence-corrected chi connectivity index (χ1v) is 10.6. The number of hydrogen-bond acceptors (Lipinski definition) is 8. The summed E-state index contributed by atoms with van der Waals surface area (Å²) >= 11 is 0. The predicted molar refractivity (Wildman–Crippen MR) is 114 cm³/mol. The molecule has 1 amide bonds. The number of nitrogens with two attached hydrogens (primary N) is 1. The lowest BCUT2D eigenvalue weighted by molar-refractivity contribution is -0.147. The molecule has 182 valence electrons. The lowest BCUT2D eigenvalue weighted by Crippen LogP contribution is -2.59. The number of aliphatic hydroxyl groups is 1. The van der Waals surface area contributed by atoms with Crippen LogP contribution in [0.1, 0.15) is 38.5 Å². The normalized spacial score (nSPS) is 19.5. The minimum Gasteiger partial charge on any atom is -0.511 e. The molecule has 0 aliphatic heterocycles. The lowest BCUT2D eigenvalue weighted by atomic mass is 9.86. The molecule has 7 N–H and O–H groups in total. The lowest BCUT2D eigenvalue weighted by Gasteiger charge is -2.46. The van der Waals surface area contributed by atoms with Crippen LogP contribution in [0.4, 0.5) is 0 Å². The fraction of sp³-hybridized carbons (Fsp3) is 0.700. The van der Waals surface area contributed by atoms with Gasteiger partial charge in [-0.15, -0.1) is 0 Å². The molecule has 3 atom stereocenters. The summed E-state index contributed by atoms with van der Waals surface area (Å²) < 4.78 is 0. The van der Waals surface area contributed by atoms with E-state index in [2.05, 4.69) is 11.9 Å². The molecule has 12 nitrogen and oxygen atoms in total. The van der Waals surface area contributed by atoms with Crippen LogP contribution >= 0.6 is 0 Å². The highest BCUT2D eigenvalue weighted by Crippen LogP contribution is 2.30. The number of carbonyl (C=O) groups is 4. The molecule has 1 aliphatic rings. The van der Waals surface area contributed by atoms with Gasteiger partial charge in [0.05, 0.1) is 32.2 Å². The Morgan fingerprint density at radius 3 is 1.94 bits per heavy atom. The Hall–Kier alpha value is -2.70. The summed E-state index contributed by atoms with van der Waals surface area (Å²) in [6.45, 7) is 2.28. The van der Waals surface area contributed by atoms with Crippen LogP contribution in [-0.2, 0) is 19.2 Å². The molecule has 1 rings (SSSR count). The number of nitrogens with zero attached hydrogens (tertiary/aromatic N) is 2. The van der Waals surface area contributed by atoms with Gasteiger partial charge in [0.25, 0.3) is 0 Å². The van der Waals surface area contributed by atoms with Crippen molar-refractivity contribution in [1.29, 1.82) is 0 Å². The number of aliphatic carboxylic acids is 3. The first-order chi connectivity index (χ1) is 15.1. The second-order valence-electron chi connectivity index (χ2n) is 7.88. The number of amides is 1. The second kappa shape index (κ2) is 13.7. The van der Waals surface area contributed by atoms with E-state index in [1.165, 1.54) is 4.90 Å². The zero-order valence-corrected chi connectivity index (χ0v) is 18.1. The number of carboxylic acid groups (broad SMARTS) is 3. The molecule has 0 aromatic heterocycles. The van der Waals surface area contributed by atoms with Crippen molar-refractivity contribution in [2.24, 2.45) is 5.73 Å². The maximum atomic E-state index is 11.6. The number of carboxylic acids is 3. The van der Waals surface area contributed by atoms with E-state index in [4.69, 9.17) is 5.73 Å². The van der Waals surface area contributed by atoms with Crippen LogP contribution in [0.15, 0.2) is 12.3 Å². The van der Waals surface area contributed by atoms with Gasteiger partial charge in [-0.2, -0.15) is 0 Å². The molecule has 1 aliphatic carbocycles. The molecule has 0 heterocycles. The third kappa shape index (κ3) is 9.20. The van der Waals surface area contributed by atoms with Crippen molar-refractivity contribution in [3.05, 3.63) is 12.3 Å². The highest BCUT2D eigenvalue weighted by atomic mass is 16.4. The van der Waals surface area contributed by atoms with Gasteiger partial charge in [0.1, 0.15) is 5.76 Å². The van der Waals surface area contributed by atoms with Crippen LogP contribution in [-0.4, -0.2) is 105 Å². The molecule has 0 saturated heterocycles. The molecule has 1 saturated carbocycles. The van der Waals surface area contributed by atoms with E-state index in [0.717, 1.165) is 12.8 Å². The average Bonchev–Trinajstić information content (AvgIpc) is 2.70. The number of nitrogens with one attached hydrogen (secondary N) is 1. The summed E-state index contributed by atoms with van der Waals surface area (Å²) in [5.41, 5.74) is 5.25. The summed E-state index contributed by atoms with van der Waals surface area (Å²) in [7, 11) is 0. The third-order valence-electron chi connectivity index (χ3n) is 5.53. The highest BCUT2D eigenvalue weighted by Gasteiger charge is 2.39. The largest absolute Gasteiger partial charge is 0.511 e. The molecule has 0 radical (unpaired) electrons. The first kappa shape index (κ1) is 27.3. The molecule has 1 fully saturated rings. The molecule has 0 aromatic rings. The van der Waals surface area contributed by atoms with E-state index in [1.807, 2.05) is 0 Å². The van der Waals surface area contributed by atoms with Crippen molar-refractivity contribution in [2.75, 3.05) is 32.7 Å². The Kier molecular flexibility index (Phi) is 11.7. The van der Waals surface area contributed by atoms with E-state index in [-0.39, 0.29) is 31.2 Å². The van der Waals surface area contributed by atoms with Crippen LogP contribution in [0.3, 0.4) is 0 Å². The third-order valence-corrected chi connectivity index (χ3v) is 5.53. The van der Waals surface area contributed by atoms with E-state index >= 15 is 0 Å². The molecule has 12 heteroatoms. The van der Waals surface area contributed by atoms with Gasteiger partial charge in [0, 0.05) is 18.6 Å². The van der Waals surface area contributed by atoms with E-state index in [1.54, 1.807) is 4.90 Å². The van der Waals surface area contributed by atoms with Crippen molar-refractivity contribution < 1.29 is 39.6 Å². The van der Waals surface area contributed by atoms with Crippen LogP contribution in [0.5, 0.6) is 0 Å². The SMILES string of the molecule is C=C(O)[C@H](CCCNC(=O)CN)N(CC(=O)O)C1CCCCC1N(CC(=O)O)CC(=O)O. The number of aliphatic hydroxyl groups excluding tert-OH is 1. The average molecular weight is 459 g/mol.